The molecule has 98 valence electrons. The maximum absolute atomic E-state index is 10.8. The number of aliphatic carboxylic acids is 1. The molecule has 0 bridgehead atoms. The molecule has 1 aromatic carbocycles. The quantitative estimate of drug-likeness (QED) is 0.888. The van der Waals surface area contributed by atoms with Crippen LogP contribution in [0, 0.1) is 6.92 Å². The van der Waals surface area contributed by atoms with Gasteiger partial charge in [-0.1, -0.05) is 24.3 Å². The topological polar surface area (TPSA) is 49.8 Å². The summed E-state index contributed by atoms with van der Waals surface area (Å²) in [6, 6.07) is 8.25. The third kappa shape index (κ3) is 2.89. The van der Waals surface area contributed by atoms with Gasteiger partial charge in [-0.2, -0.15) is 0 Å². The molecule has 0 radical (unpaired) electrons. The predicted octanol–water partition coefficient (Wildman–Crippen LogP) is 1.84. The molecule has 1 N–H and O–H groups in total. The Morgan fingerprint density at radius 1 is 1.50 bits per heavy atom. The first-order chi connectivity index (χ1) is 8.58. The van der Waals surface area contributed by atoms with Gasteiger partial charge in [0, 0.05) is 12.6 Å². The number of rotatable bonds is 3. The van der Waals surface area contributed by atoms with Crippen LogP contribution in [0.15, 0.2) is 24.3 Å². The Balaban J connectivity index is 2.12. The largest absolute Gasteiger partial charge is 0.480 e. The van der Waals surface area contributed by atoms with Crippen LogP contribution in [0.2, 0.25) is 0 Å². The van der Waals surface area contributed by atoms with E-state index in [0.717, 1.165) is 5.56 Å². The number of carboxylic acid groups (broad SMARTS) is 1. The van der Waals surface area contributed by atoms with Crippen molar-refractivity contribution in [2.24, 2.45) is 0 Å². The van der Waals surface area contributed by atoms with E-state index >= 15 is 0 Å². The van der Waals surface area contributed by atoms with Gasteiger partial charge in [-0.25, -0.2) is 0 Å². The molecule has 1 heterocycles. The molecule has 1 aromatic rings. The van der Waals surface area contributed by atoms with Gasteiger partial charge in [0.1, 0.15) is 0 Å². The van der Waals surface area contributed by atoms with Gasteiger partial charge in [0.25, 0.3) is 0 Å². The van der Waals surface area contributed by atoms with E-state index in [4.69, 9.17) is 9.84 Å². The van der Waals surface area contributed by atoms with Gasteiger partial charge < -0.3 is 9.84 Å². The van der Waals surface area contributed by atoms with Crippen molar-refractivity contribution in [3.63, 3.8) is 0 Å². The summed E-state index contributed by atoms with van der Waals surface area (Å²) in [5, 5.41) is 8.91. The minimum absolute atomic E-state index is 0.0262. The number of morpholine rings is 1. The number of carboxylic acids is 1. The highest BCUT2D eigenvalue weighted by Gasteiger charge is 2.28. The fourth-order valence-corrected chi connectivity index (χ4v) is 2.34. The highest BCUT2D eigenvalue weighted by molar-refractivity contribution is 5.69. The summed E-state index contributed by atoms with van der Waals surface area (Å²) in [5.41, 5.74) is 2.34. The van der Waals surface area contributed by atoms with Crippen LogP contribution in [-0.4, -0.2) is 41.7 Å². The van der Waals surface area contributed by atoms with Crippen LogP contribution in [0.4, 0.5) is 0 Å². The molecule has 0 saturated carbocycles. The standard InChI is InChI=1S/C14H19NO3/c1-10-5-3-4-6-12(10)13-7-15(8-14(16)17)11(2)9-18-13/h3-6,11,13H,7-9H2,1-2H3,(H,16,17)/t11-,13-/m0/s1. The maximum Gasteiger partial charge on any atom is 0.317 e. The van der Waals surface area contributed by atoms with Gasteiger partial charge in [-0.3, -0.25) is 9.69 Å². The number of benzene rings is 1. The van der Waals surface area contributed by atoms with Crippen LogP contribution in [0.1, 0.15) is 24.2 Å². The van der Waals surface area contributed by atoms with Crippen molar-refractivity contribution in [1.82, 2.24) is 4.90 Å². The molecule has 0 aliphatic carbocycles. The molecule has 0 unspecified atom stereocenters. The van der Waals surface area contributed by atoms with E-state index in [-0.39, 0.29) is 18.7 Å². The van der Waals surface area contributed by atoms with Crippen LogP contribution in [0.3, 0.4) is 0 Å². The van der Waals surface area contributed by atoms with Crippen LogP contribution in [0.25, 0.3) is 0 Å². The number of nitrogens with zero attached hydrogens (tertiary/aromatic N) is 1. The second-order valence-corrected chi connectivity index (χ2v) is 4.85. The molecule has 1 saturated heterocycles. The molecule has 0 amide bonds. The number of aryl methyl sites for hydroxylation is 1. The fourth-order valence-electron chi connectivity index (χ4n) is 2.34. The summed E-state index contributed by atoms with van der Waals surface area (Å²) < 4.78 is 5.83. The SMILES string of the molecule is Cc1ccccc1[C@@H]1CN(CC(=O)O)[C@@H](C)CO1. The molecular formula is C14H19NO3. The van der Waals surface area contributed by atoms with Crippen LogP contribution in [-0.2, 0) is 9.53 Å². The highest BCUT2D eigenvalue weighted by atomic mass is 16.5. The third-order valence-electron chi connectivity index (χ3n) is 3.44. The van der Waals surface area contributed by atoms with Crippen molar-refractivity contribution in [3.05, 3.63) is 35.4 Å². The summed E-state index contributed by atoms with van der Waals surface area (Å²) in [4.78, 5) is 12.8. The molecule has 0 aromatic heterocycles. The van der Waals surface area contributed by atoms with Crippen molar-refractivity contribution < 1.29 is 14.6 Å². The first-order valence-electron chi connectivity index (χ1n) is 6.21. The minimum Gasteiger partial charge on any atom is -0.480 e. The van der Waals surface area contributed by atoms with Gasteiger partial charge in [-0.15, -0.1) is 0 Å². The third-order valence-corrected chi connectivity index (χ3v) is 3.44. The second-order valence-electron chi connectivity index (χ2n) is 4.85. The molecule has 4 nitrogen and oxygen atoms in total. The molecule has 1 aliphatic rings. The zero-order valence-corrected chi connectivity index (χ0v) is 10.8. The summed E-state index contributed by atoms with van der Waals surface area (Å²) in [5.74, 6) is -0.785. The van der Waals surface area contributed by atoms with Gasteiger partial charge in [0.15, 0.2) is 0 Å². The number of hydrogen-bond donors (Lipinski definition) is 1. The van der Waals surface area contributed by atoms with Crippen molar-refractivity contribution in [2.75, 3.05) is 19.7 Å². The van der Waals surface area contributed by atoms with Crippen molar-refractivity contribution in [2.45, 2.75) is 26.0 Å². The van der Waals surface area contributed by atoms with E-state index in [9.17, 15) is 4.79 Å². The lowest BCUT2D eigenvalue weighted by atomic mass is 10.0. The van der Waals surface area contributed by atoms with E-state index < -0.39 is 5.97 Å². The average Bonchev–Trinajstić information content (AvgIpc) is 2.32. The number of ether oxygens (including phenoxy) is 1. The first kappa shape index (κ1) is 13.1. The fraction of sp³-hybridized carbons (Fsp3) is 0.500. The van der Waals surface area contributed by atoms with E-state index in [1.54, 1.807) is 0 Å². The molecular weight excluding hydrogens is 230 g/mol. The number of carbonyl (C=O) groups is 1. The van der Waals surface area contributed by atoms with E-state index in [1.165, 1.54) is 5.56 Å². The zero-order valence-electron chi connectivity index (χ0n) is 10.8. The van der Waals surface area contributed by atoms with Crippen molar-refractivity contribution >= 4 is 5.97 Å². The van der Waals surface area contributed by atoms with Crippen LogP contribution >= 0.6 is 0 Å². The lowest BCUT2D eigenvalue weighted by Crippen LogP contribution is -2.47. The first-order valence-corrected chi connectivity index (χ1v) is 6.21. The number of hydrogen-bond acceptors (Lipinski definition) is 3. The minimum atomic E-state index is -0.785. The van der Waals surface area contributed by atoms with Gasteiger partial charge >= 0.3 is 5.97 Å². The summed E-state index contributed by atoms with van der Waals surface area (Å²) in [6.45, 7) is 5.34. The van der Waals surface area contributed by atoms with Crippen molar-refractivity contribution in [1.29, 1.82) is 0 Å². The highest BCUT2D eigenvalue weighted by Crippen LogP contribution is 2.26. The smallest absolute Gasteiger partial charge is 0.317 e. The molecule has 2 rings (SSSR count). The lowest BCUT2D eigenvalue weighted by molar-refractivity contribution is -0.142. The van der Waals surface area contributed by atoms with Crippen LogP contribution in [0.5, 0.6) is 0 Å². The Morgan fingerprint density at radius 2 is 2.22 bits per heavy atom. The zero-order chi connectivity index (χ0) is 13.1. The Labute approximate surface area is 107 Å². The van der Waals surface area contributed by atoms with E-state index in [2.05, 4.69) is 19.1 Å². The van der Waals surface area contributed by atoms with Gasteiger partial charge in [0.2, 0.25) is 0 Å². The Bertz CT molecular complexity index is 433. The summed E-state index contributed by atoms with van der Waals surface area (Å²) in [7, 11) is 0. The van der Waals surface area contributed by atoms with E-state index in [1.807, 2.05) is 24.0 Å². The predicted molar refractivity (Wildman–Crippen MR) is 68.5 cm³/mol. The summed E-state index contributed by atoms with van der Waals surface area (Å²) >= 11 is 0. The molecule has 0 spiro atoms. The maximum atomic E-state index is 10.8. The monoisotopic (exact) mass is 249 g/mol. The van der Waals surface area contributed by atoms with Gasteiger partial charge in [-0.05, 0) is 25.0 Å². The normalized spacial score (nSPS) is 25.0. The molecule has 2 atom stereocenters. The Kier molecular flexibility index (Phi) is 3.99. The molecule has 18 heavy (non-hydrogen) atoms. The lowest BCUT2D eigenvalue weighted by Gasteiger charge is -2.37. The second kappa shape index (κ2) is 5.50. The molecule has 1 aliphatic heterocycles. The summed E-state index contributed by atoms with van der Waals surface area (Å²) in [6.07, 6.45) is -0.0262. The van der Waals surface area contributed by atoms with Crippen molar-refractivity contribution in [3.8, 4) is 0 Å². The Morgan fingerprint density at radius 3 is 2.89 bits per heavy atom. The van der Waals surface area contributed by atoms with Gasteiger partial charge in [0.05, 0.1) is 19.3 Å². The van der Waals surface area contributed by atoms with Crippen LogP contribution < -0.4 is 0 Å². The van der Waals surface area contributed by atoms with E-state index in [0.29, 0.717) is 13.2 Å². The molecule has 1 fully saturated rings. The molecule has 4 heteroatoms. The Hall–Kier alpha value is -1.39. The average molecular weight is 249 g/mol.